The van der Waals surface area contributed by atoms with Crippen molar-refractivity contribution in [2.75, 3.05) is 11.9 Å². The summed E-state index contributed by atoms with van der Waals surface area (Å²) in [5, 5.41) is 7.39. The van der Waals surface area contributed by atoms with Gasteiger partial charge in [0.05, 0.1) is 12.3 Å². The number of hydrogen-bond donors (Lipinski definition) is 3. The van der Waals surface area contributed by atoms with Crippen LogP contribution in [0.15, 0.2) is 16.8 Å². The monoisotopic (exact) mass is 468 g/mol. The number of carbonyl (C=O) groups is 3. The molecule has 2 aromatic rings. The predicted molar refractivity (Wildman–Crippen MR) is 120 cm³/mol. The second-order valence-electron chi connectivity index (χ2n) is 7.74. The van der Waals surface area contributed by atoms with E-state index < -0.39 is 17.8 Å². The quantitative estimate of drug-likeness (QED) is 0.397. The molecule has 0 unspecified atom stereocenters. The number of nitrogens with one attached hydrogen (secondary N) is 3. The summed E-state index contributed by atoms with van der Waals surface area (Å²) in [6.07, 6.45) is 1.65. The predicted octanol–water partition coefficient (Wildman–Crippen LogP) is 4.05. The van der Waals surface area contributed by atoms with Gasteiger partial charge < -0.3 is 14.8 Å². The first kappa shape index (κ1) is 24.6. The zero-order valence-electron chi connectivity index (χ0n) is 18.1. The first-order valence-electron chi connectivity index (χ1n) is 9.81. The molecule has 0 saturated carbocycles. The number of nitrogens with zero attached hydrogens (tertiary/aromatic N) is 1. The van der Waals surface area contributed by atoms with Crippen molar-refractivity contribution >= 4 is 45.9 Å². The summed E-state index contributed by atoms with van der Waals surface area (Å²) in [5.41, 5.74) is 5.81. The van der Waals surface area contributed by atoms with Crippen molar-refractivity contribution in [1.29, 1.82) is 0 Å². The number of thiazole rings is 1. The van der Waals surface area contributed by atoms with Gasteiger partial charge in [-0.25, -0.2) is 25.4 Å². The molecule has 31 heavy (non-hydrogen) atoms. The van der Waals surface area contributed by atoms with E-state index >= 15 is 0 Å². The summed E-state index contributed by atoms with van der Waals surface area (Å²) >= 11 is 3.10. The molecular formula is C20H28N4O5S2. The average Bonchev–Trinajstić information content (AvgIpc) is 3.29. The van der Waals surface area contributed by atoms with Crippen molar-refractivity contribution in [2.45, 2.75) is 59.0 Å². The van der Waals surface area contributed by atoms with E-state index in [1.54, 1.807) is 32.1 Å². The fraction of sp³-hybridized carbons (Fsp3) is 0.500. The molecule has 2 rings (SSSR count). The van der Waals surface area contributed by atoms with E-state index in [0.29, 0.717) is 11.6 Å². The smallest absolute Gasteiger partial charge is 0.426 e. The molecule has 2 aromatic heterocycles. The molecule has 170 valence electrons. The Kier molecular flexibility index (Phi) is 9.25. The Bertz CT molecular complexity index is 888. The number of aryl methyl sites for hydroxylation is 3. The minimum Gasteiger partial charge on any atom is -0.448 e. The lowest BCUT2D eigenvalue weighted by atomic mass is 10.1. The number of amides is 3. The van der Waals surface area contributed by atoms with Crippen molar-refractivity contribution in [3.63, 3.8) is 0 Å². The molecule has 0 aliphatic rings. The molecule has 0 saturated heterocycles. The van der Waals surface area contributed by atoms with Crippen LogP contribution in [0.3, 0.4) is 0 Å². The largest absolute Gasteiger partial charge is 0.448 e. The Hall–Kier alpha value is -2.66. The number of hydrogen-bond acceptors (Lipinski definition) is 8. The lowest BCUT2D eigenvalue weighted by Gasteiger charge is -2.19. The van der Waals surface area contributed by atoms with Gasteiger partial charge in [0.2, 0.25) is 5.91 Å². The Balaban J connectivity index is 1.61. The summed E-state index contributed by atoms with van der Waals surface area (Å²) in [4.78, 5) is 39.7. The summed E-state index contributed by atoms with van der Waals surface area (Å²) in [7, 11) is 0. The molecule has 0 radical (unpaired) electrons. The van der Waals surface area contributed by atoms with E-state index in [2.05, 4.69) is 32.6 Å². The Morgan fingerprint density at radius 2 is 1.77 bits per heavy atom. The first-order chi connectivity index (χ1) is 14.6. The van der Waals surface area contributed by atoms with Gasteiger partial charge in [0.25, 0.3) is 0 Å². The Labute approximate surface area is 189 Å². The topological polar surface area (TPSA) is 119 Å². The fourth-order valence-corrected chi connectivity index (χ4v) is 4.20. The van der Waals surface area contributed by atoms with Crippen LogP contribution in [0, 0.1) is 0 Å². The van der Waals surface area contributed by atoms with Crippen LogP contribution >= 0.6 is 22.7 Å². The van der Waals surface area contributed by atoms with Gasteiger partial charge in [0.1, 0.15) is 5.60 Å². The Morgan fingerprint density at radius 3 is 2.48 bits per heavy atom. The molecule has 3 N–H and O–H groups in total. The van der Waals surface area contributed by atoms with Crippen LogP contribution in [-0.4, -0.2) is 35.3 Å². The van der Waals surface area contributed by atoms with E-state index in [0.717, 1.165) is 25.0 Å². The third kappa shape index (κ3) is 10.3. The average molecular weight is 469 g/mol. The van der Waals surface area contributed by atoms with Crippen molar-refractivity contribution in [2.24, 2.45) is 0 Å². The van der Waals surface area contributed by atoms with Gasteiger partial charge in [-0.2, -0.15) is 0 Å². The van der Waals surface area contributed by atoms with Gasteiger partial charge in [-0.05, 0) is 63.5 Å². The molecule has 0 bridgehead atoms. The van der Waals surface area contributed by atoms with E-state index in [1.807, 2.05) is 5.38 Å². The zero-order valence-corrected chi connectivity index (χ0v) is 19.7. The highest BCUT2D eigenvalue weighted by molar-refractivity contribution is 7.13. The second kappa shape index (κ2) is 11.7. The lowest BCUT2D eigenvalue weighted by molar-refractivity contribution is -0.114. The molecule has 9 nitrogen and oxygen atoms in total. The van der Waals surface area contributed by atoms with Crippen LogP contribution in [0.25, 0.3) is 0 Å². The van der Waals surface area contributed by atoms with Crippen LogP contribution in [0.1, 0.15) is 50.3 Å². The van der Waals surface area contributed by atoms with Crippen LogP contribution in [-0.2, 0) is 33.5 Å². The highest BCUT2D eigenvalue weighted by Crippen LogP contribution is 2.20. The van der Waals surface area contributed by atoms with E-state index in [1.165, 1.54) is 28.7 Å². The van der Waals surface area contributed by atoms with Gasteiger partial charge in [-0.3, -0.25) is 4.79 Å². The summed E-state index contributed by atoms with van der Waals surface area (Å²) in [5.74, 6) is -0.121. The van der Waals surface area contributed by atoms with Crippen molar-refractivity contribution in [3.05, 3.63) is 33.0 Å². The molecule has 11 heteroatoms. The van der Waals surface area contributed by atoms with Crippen LogP contribution < -0.4 is 16.2 Å². The summed E-state index contributed by atoms with van der Waals surface area (Å²) in [6, 6.07) is 2.15. The molecule has 3 amide bonds. The van der Waals surface area contributed by atoms with Gasteiger partial charge in [0.15, 0.2) is 5.13 Å². The highest BCUT2D eigenvalue weighted by atomic mass is 32.1. The third-order valence-electron chi connectivity index (χ3n) is 3.68. The molecule has 0 spiro atoms. The van der Waals surface area contributed by atoms with Crippen molar-refractivity contribution in [1.82, 2.24) is 15.8 Å². The maximum Gasteiger partial charge on any atom is 0.426 e. The minimum absolute atomic E-state index is 0.121. The minimum atomic E-state index is -0.750. The molecule has 0 aliphatic carbocycles. The number of rotatable bonds is 8. The maximum absolute atomic E-state index is 11.6. The van der Waals surface area contributed by atoms with E-state index in [9.17, 15) is 14.4 Å². The van der Waals surface area contributed by atoms with Gasteiger partial charge in [-0.15, -0.1) is 22.7 Å². The Morgan fingerprint density at radius 1 is 1.03 bits per heavy atom. The number of aromatic nitrogens is 1. The molecule has 0 aliphatic heterocycles. The number of hydrazine groups is 1. The van der Waals surface area contributed by atoms with Crippen LogP contribution in [0.4, 0.5) is 14.7 Å². The lowest BCUT2D eigenvalue weighted by Crippen LogP contribution is -2.44. The van der Waals surface area contributed by atoms with Gasteiger partial charge in [0, 0.05) is 17.2 Å². The number of ether oxygens (including phenoxy) is 2. The van der Waals surface area contributed by atoms with Gasteiger partial charge in [-0.1, -0.05) is 0 Å². The number of anilines is 1. The molecule has 0 atom stereocenters. The van der Waals surface area contributed by atoms with Crippen LogP contribution in [0.2, 0.25) is 0 Å². The highest BCUT2D eigenvalue weighted by Gasteiger charge is 2.16. The number of carbonyl (C=O) groups excluding carboxylic acids is 3. The number of thiophene rings is 1. The normalized spacial score (nSPS) is 11.0. The SMILES string of the molecule is CC(=O)Nc1nc(CCc2csc(CCCOC(=O)NNC(=O)OC(C)(C)C)c2)cs1. The zero-order chi connectivity index (χ0) is 22.9. The van der Waals surface area contributed by atoms with Crippen molar-refractivity contribution < 1.29 is 23.9 Å². The molecule has 2 heterocycles. The van der Waals surface area contributed by atoms with Crippen molar-refractivity contribution in [3.8, 4) is 0 Å². The fourth-order valence-electron chi connectivity index (χ4n) is 2.44. The molecular weight excluding hydrogens is 440 g/mol. The summed E-state index contributed by atoms with van der Waals surface area (Å²) in [6.45, 7) is 6.88. The summed E-state index contributed by atoms with van der Waals surface area (Å²) < 4.78 is 10.0. The molecule has 0 fully saturated rings. The standard InChI is InChI=1S/C20H28N4O5S2/c1-13(25)21-17-22-15(12-31-17)8-7-14-10-16(30-11-14)6-5-9-28-18(26)23-24-19(27)29-20(2,3)4/h10-12H,5-9H2,1-4H3,(H,23,26)(H,24,27)(H,21,22,25). The van der Waals surface area contributed by atoms with E-state index in [-0.39, 0.29) is 12.5 Å². The second-order valence-corrected chi connectivity index (χ2v) is 9.59. The van der Waals surface area contributed by atoms with E-state index in [4.69, 9.17) is 9.47 Å². The first-order valence-corrected chi connectivity index (χ1v) is 11.6. The molecule has 0 aromatic carbocycles. The van der Waals surface area contributed by atoms with Gasteiger partial charge >= 0.3 is 12.2 Å². The maximum atomic E-state index is 11.6. The third-order valence-corrected chi connectivity index (χ3v) is 5.53. The van der Waals surface area contributed by atoms with Crippen LogP contribution in [0.5, 0.6) is 0 Å².